The highest BCUT2D eigenvalue weighted by atomic mass is 32.2. The Morgan fingerprint density at radius 1 is 1.47 bits per heavy atom. The highest BCUT2D eigenvalue weighted by Crippen LogP contribution is 2.13. The molecule has 3 nitrogen and oxygen atoms in total. The Morgan fingerprint density at radius 3 is 2.94 bits per heavy atom. The van der Waals surface area contributed by atoms with Crippen molar-refractivity contribution in [3.05, 3.63) is 29.3 Å². The molecule has 0 aliphatic carbocycles. The molecule has 0 spiro atoms. The van der Waals surface area contributed by atoms with E-state index in [4.69, 9.17) is 5.73 Å². The molecule has 0 saturated carbocycles. The minimum Gasteiger partial charge on any atom is -0.398 e. The standard InChI is InChI=1S/C13H20N2OS/c1-3-17-8-4-7-15-13(16)11-9-10(2)5-6-12(11)14/h5-6,9H,3-4,7-8,14H2,1-2H3,(H,15,16). The third-order valence-corrected chi connectivity index (χ3v) is 3.39. The van der Waals surface area contributed by atoms with Crippen molar-refractivity contribution < 1.29 is 4.79 Å². The Balaban J connectivity index is 2.44. The van der Waals surface area contributed by atoms with Crippen molar-refractivity contribution in [1.82, 2.24) is 5.32 Å². The van der Waals surface area contributed by atoms with Crippen LogP contribution in [0, 0.1) is 6.92 Å². The van der Waals surface area contributed by atoms with E-state index >= 15 is 0 Å². The van der Waals surface area contributed by atoms with Crippen LogP contribution in [-0.4, -0.2) is 24.0 Å². The number of nitrogen functional groups attached to an aromatic ring is 1. The van der Waals surface area contributed by atoms with Crippen LogP contribution in [0.1, 0.15) is 29.3 Å². The zero-order valence-corrected chi connectivity index (χ0v) is 11.3. The van der Waals surface area contributed by atoms with Gasteiger partial charge in [-0.2, -0.15) is 11.8 Å². The lowest BCUT2D eigenvalue weighted by molar-refractivity contribution is 0.0954. The van der Waals surface area contributed by atoms with Crippen molar-refractivity contribution >= 4 is 23.4 Å². The fourth-order valence-corrected chi connectivity index (χ4v) is 2.12. The Labute approximate surface area is 107 Å². The smallest absolute Gasteiger partial charge is 0.253 e. The van der Waals surface area contributed by atoms with Crippen molar-refractivity contribution in [2.24, 2.45) is 0 Å². The summed E-state index contributed by atoms with van der Waals surface area (Å²) in [5.74, 6) is 2.13. The molecule has 4 heteroatoms. The molecule has 1 amide bonds. The molecule has 0 unspecified atom stereocenters. The number of anilines is 1. The maximum atomic E-state index is 11.9. The number of thioether (sulfide) groups is 1. The number of aryl methyl sites for hydroxylation is 1. The van der Waals surface area contributed by atoms with Gasteiger partial charge in [0.05, 0.1) is 5.56 Å². The minimum absolute atomic E-state index is 0.0762. The third kappa shape index (κ3) is 4.69. The Bertz CT molecular complexity index is 380. The first-order valence-electron chi connectivity index (χ1n) is 5.87. The van der Waals surface area contributed by atoms with Crippen LogP contribution in [0.3, 0.4) is 0 Å². The van der Waals surface area contributed by atoms with Gasteiger partial charge >= 0.3 is 0 Å². The molecule has 0 bridgehead atoms. The second-order valence-electron chi connectivity index (χ2n) is 3.90. The largest absolute Gasteiger partial charge is 0.398 e. The number of nitrogens with one attached hydrogen (secondary N) is 1. The molecule has 0 fully saturated rings. The van der Waals surface area contributed by atoms with E-state index in [-0.39, 0.29) is 5.91 Å². The average molecular weight is 252 g/mol. The van der Waals surface area contributed by atoms with E-state index in [1.165, 1.54) is 0 Å². The van der Waals surface area contributed by atoms with E-state index in [0.717, 1.165) is 23.5 Å². The summed E-state index contributed by atoms with van der Waals surface area (Å²) in [4.78, 5) is 11.9. The molecule has 1 aromatic rings. The van der Waals surface area contributed by atoms with E-state index in [9.17, 15) is 4.79 Å². The maximum Gasteiger partial charge on any atom is 0.253 e. The lowest BCUT2D eigenvalue weighted by Gasteiger charge is -2.08. The predicted molar refractivity (Wildman–Crippen MR) is 75.5 cm³/mol. The van der Waals surface area contributed by atoms with Gasteiger partial charge in [-0.3, -0.25) is 4.79 Å². The Hall–Kier alpha value is -1.16. The second-order valence-corrected chi connectivity index (χ2v) is 5.29. The van der Waals surface area contributed by atoms with Gasteiger partial charge in [-0.15, -0.1) is 0 Å². The van der Waals surface area contributed by atoms with Gasteiger partial charge in [0.1, 0.15) is 0 Å². The minimum atomic E-state index is -0.0762. The number of hydrogen-bond donors (Lipinski definition) is 2. The van der Waals surface area contributed by atoms with Gasteiger partial charge in [-0.05, 0) is 37.0 Å². The van der Waals surface area contributed by atoms with Crippen molar-refractivity contribution in [2.45, 2.75) is 20.3 Å². The van der Waals surface area contributed by atoms with E-state index < -0.39 is 0 Å². The van der Waals surface area contributed by atoms with Gasteiger partial charge in [0.2, 0.25) is 0 Å². The number of benzene rings is 1. The van der Waals surface area contributed by atoms with Gasteiger partial charge in [0.25, 0.3) is 5.91 Å². The van der Waals surface area contributed by atoms with Crippen LogP contribution in [0.4, 0.5) is 5.69 Å². The molecule has 0 aliphatic heterocycles. The number of nitrogens with two attached hydrogens (primary N) is 1. The molecule has 1 rings (SSSR count). The predicted octanol–water partition coefficient (Wildman–Crippen LogP) is 2.45. The summed E-state index contributed by atoms with van der Waals surface area (Å²) in [7, 11) is 0. The van der Waals surface area contributed by atoms with Crippen LogP contribution < -0.4 is 11.1 Å². The summed E-state index contributed by atoms with van der Waals surface area (Å²) in [6.07, 6.45) is 0.996. The van der Waals surface area contributed by atoms with Crippen LogP contribution >= 0.6 is 11.8 Å². The molecule has 17 heavy (non-hydrogen) atoms. The first-order chi connectivity index (χ1) is 8.15. The number of hydrogen-bond acceptors (Lipinski definition) is 3. The molecule has 3 N–H and O–H groups in total. The van der Waals surface area contributed by atoms with E-state index in [2.05, 4.69) is 12.2 Å². The SMILES string of the molecule is CCSCCCNC(=O)c1cc(C)ccc1N. The molecule has 0 saturated heterocycles. The van der Waals surface area contributed by atoms with Gasteiger partial charge in [-0.1, -0.05) is 18.6 Å². The van der Waals surface area contributed by atoms with Crippen LogP contribution in [0.15, 0.2) is 18.2 Å². The zero-order chi connectivity index (χ0) is 12.7. The summed E-state index contributed by atoms with van der Waals surface area (Å²) < 4.78 is 0. The molecule has 1 aromatic carbocycles. The van der Waals surface area contributed by atoms with Crippen molar-refractivity contribution in [3.63, 3.8) is 0 Å². The van der Waals surface area contributed by atoms with Gasteiger partial charge in [-0.25, -0.2) is 0 Å². The maximum absolute atomic E-state index is 11.9. The first-order valence-corrected chi connectivity index (χ1v) is 7.02. The quantitative estimate of drug-likeness (QED) is 0.604. The molecule has 0 radical (unpaired) electrons. The van der Waals surface area contributed by atoms with Crippen LogP contribution in [0.25, 0.3) is 0 Å². The van der Waals surface area contributed by atoms with Crippen LogP contribution in [-0.2, 0) is 0 Å². The highest BCUT2D eigenvalue weighted by Gasteiger charge is 2.08. The first kappa shape index (κ1) is 13.9. The Kier molecular flexibility index (Phi) is 5.91. The number of amides is 1. The van der Waals surface area contributed by atoms with Crippen LogP contribution in [0.5, 0.6) is 0 Å². The highest BCUT2D eigenvalue weighted by molar-refractivity contribution is 7.99. The number of rotatable bonds is 6. The lowest BCUT2D eigenvalue weighted by atomic mass is 10.1. The molecule has 94 valence electrons. The summed E-state index contributed by atoms with van der Waals surface area (Å²) in [5.41, 5.74) is 7.94. The van der Waals surface area contributed by atoms with E-state index in [1.807, 2.05) is 30.8 Å². The molecule has 0 aromatic heterocycles. The molecule has 0 aliphatic rings. The fourth-order valence-electron chi connectivity index (χ4n) is 1.48. The average Bonchev–Trinajstić information content (AvgIpc) is 2.32. The van der Waals surface area contributed by atoms with E-state index in [0.29, 0.717) is 17.8 Å². The molecule has 0 atom stereocenters. The zero-order valence-electron chi connectivity index (χ0n) is 10.5. The summed E-state index contributed by atoms with van der Waals surface area (Å²) in [6.45, 7) is 4.80. The molecular formula is C13H20N2OS. The lowest BCUT2D eigenvalue weighted by Crippen LogP contribution is -2.25. The van der Waals surface area contributed by atoms with Gasteiger partial charge < -0.3 is 11.1 Å². The van der Waals surface area contributed by atoms with E-state index in [1.54, 1.807) is 6.07 Å². The molecule has 0 heterocycles. The van der Waals surface area contributed by atoms with Crippen molar-refractivity contribution in [1.29, 1.82) is 0 Å². The van der Waals surface area contributed by atoms with Crippen LogP contribution in [0.2, 0.25) is 0 Å². The second kappa shape index (κ2) is 7.22. The summed E-state index contributed by atoms with van der Waals surface area (Å²) in [5, 5.41) is 2.89. The monoisotopic (exact) mass is 252 g/mol. The topological polar surface area (TPSA) is 55.1 Å². The van der Waals surface area contributed by atoms with Crippen molar-refractivity contribution in [2.75, 3.05) is 23.8 Å². The van der Waals surface area contributed by atoms with Gasteiger partial charge in [0, 0.05) is 12.2 Å². The van der Waals surface area contributed by atoms with Crippen molar-refractivity contribution in [3.8, 4) is 0 Å². The van der Waals surface area contributed by atoms with Gasteiger partial charge in [0.15, 0.2) is 0 Å². The normalized spacial score (nSPS) is 10.2. The number of carbonyl (C=O) groups excluding carboxylic acids is 1. The number of carbonyl (C=O) groups is 1. The summed E-state index contributed by atoms with van der Waals surface area (Å²) >= 11 is 1.89. The Morgan fingerprint density at radius 2 is 2.24 bits per heavy atom. The fraction of sp³-hybridized carbons (Fsp3) is 0.462. The molecular weight excluding hydrogens is 232 g/mol. The summed E-state index contributed by atoms with van der Waals surface area (Å²) in [6, 6.07) is 5.51. The third-order valence-electron chi connectivity index (χ3n) is 2.41.